The van der Waals surface area contributed by atoms with Gasteiger partial charge in [-0.3, -0.25) is 9.59 Å². The van der Waals surface area contributed by atoms with Crippen LogP contribution in [0, 0.1) is 11.6 Å². The topological polar surface area (TPSA) is 70.2 Å². The molecular formula is C10H5F2NO3. The second-order valence-electron chi connectivity index (χ2n) is 3.13. The molecule has 4 nitrogen and oxygen atoms in total. The van der Waals surface area contributed by atoms with Crippen LogP contribution < -0.4 is 11.0 Å². The molecule has 6 heteroatoms. The first-order chi connectivity index (χ1) is 7.50. The van der Waals surface area contributed by atoms with Crippen molar-refractivity contribution in [2.75, 3.05) is 0 Å². The van der Waals surface area contributed by atoms with Crippen molar-refractivity contribution in [2.24, 2.45) is 0 Å². The second kappa shape index (κ2) is 3.41. The predicted octanol–water partition coefficient (Wildman–Crippen LogP) is 0.872. The average molecular weight is 225 g/mol. The van der Waals surface area contributed by atoms with E-state index in [4.69, 9.17) is 5.11 Å². The van der Waals surface area contributed by atoms with E-state index in [0.717, 1.165) is 12.1 Å². The maximum Gasteiger partial charge on any atom is 0.290 e. The van der Waals surface area contributed by atoms with Gasteiger partial charge in [-0.05, 0) is 12.1 Å². The van der Waals surface area contributed by atoms with Crippen molar-refractivity contribution in [3.8, 4) is 5.75 Å². The molecule has 0 aliphatic carbocycles. The van der Waals surface area contributed by atoms with Gasteiger partial charge in [0.05, 0.1) is 10.9 Å². The SMILES string of the molecule is O=c1[nH]c2ccc(F)c(F)c2c(=O)cc1O. The number of aromatic hydroxyl groups is 1. The Morgan fingerprint density at radius 3 is 2.56 bits per heavy atom. The first-order valence-corrected chi connectivity index (χ1v) is 4.25. The first kappa shape index (κ1) is 10.3. The smallest absolute Gasteiger partial charge is 0.290 e. The maximum absolute atomic E-state index is 13.3. The fraction of sp³-hybridized carbons (Fsp3) is 0. The molecule has 0 aliphatic rings. The molecule has 0 radical (unpaired) electrons. The number of benzene rings is 1. The molecule has 2 N–H and O–H groups in total. The van der Waals surface area contributed by atoms with Crippen LogP contribution in [-0.4, -0.2) is 10.1 Å². The van der Waals surface area contributed by atoms with Gasteiger partial charge in [0.25, 0.3) is 5.56 Å². The zero-order chi connectivity index (χ0) is 11.9. The van der Waals surface area contributed by atoms with Gasteiger partial charge in [0.1, 0.15) is 0 Å². The summed E-state index contributed by atoms with van der Waals surface area (Å²) in [5, 5.41) is 8.47. The van der Waals surface area contributed by atoms with E-state index in [1.165, 1.54) is 0 Å². The summed E-state index contributed by atoms with van der Waals surface area (Å²) in [5.74, 6) is -3.40. The van der Waals surface area contributed by atoms with Crippen molar-refractivity contribution in [2.45, 2.75) is 0 Å². The highest BCUT2D eigenvalue weighted by Crippen LogP contribution is 2.14. The molecule has 0 unspecified atom stereocenters. The minimum atomic E-state index is -1.35. The molecule has 2 aromatic rings. The molecule has 0 spiro atoms. The summed E-state index contributed by atoms with van der Waals surface area (Å²) in [4.78, 5) is 24.6. The van der Waals surface area contributed by atoms with Crippen molar-refractivity contribution in [3.63, 3.8) is 0 Å². The van der Waals surface area contributed by atoms with E-state index >= 15 is 0 Å². The number of rotatable bonds is 0. The third-order valence-corrected chi connectivity index (χ3v) is 2.09. The lowest BCUT2D eigenvalue weighted by Gasteiger charge is -1.94. The van der Waals surface area contributed by atoms with Gasteiger partial charge < -0.3 is 10.1 Å². The Bertz CT molecular complexity index is 694. The number of nitrogens with one attached hydrogen (secondary N) is 1. The standard InChI is InChI=1S/C10H5F2NO3/c11-4-1-2-5-8(9(4)12)6(14)3-7(15)10(16)13-5/h1-3,15H,(H,13,16). The molecule has 82 valence electrons. The third-order valence-electron chi connectivity index (χ3n) is 2.09. The zero-order valence-electron chi connectivity index (χ0n) is 7.75. The molecule has 0 bridgehead atoms. The van der Waals surface area contributed by atoms with Crippen LogP contribution in [-0.2, 0) is 0 Å². The minimum Gasteiger partial charge on any atom is -0.503 e. The molecule has 2 rings (SSSR count). The van der Waals surface area contributed by atoms with Crippen LogP contribution in [0.2, 0.25) is 0 Å². The number of aromatic amines is 1. The Hall–Kier alpha value is -2.24. The largest absolute Gasteiger partial charge is 0.503 e. The van der Waals surface area contributed by atoms with Gasteiger partial charge in [-0.2, -0.15) is 0 Å². The van der Waals surface area contributed by atoms with Crippen LogP contribution in [0.5, 0.6) is 5.75 Å². The Labute approximate surface area is 86.8 Å². The van der Waals surface area contributed by atoms with E-state index in [9.17, 15) is 18.4 Å². The van der Waals surface area contributed by atoms with Crippen LogP contribution in [0.3, 0.4) is 0 Å². The Kier molecular flexibility index (Phi) is 2.19. The van der Waals surface area contributed by atoms with Gasteiger partial charge in [0, 0.05) is 6.07 Å². The van der Waals surface area contributed by atoms with Gasteiger partial charge in [-0.25, -0.2) is 8.78 Å². The van der Waals surface area contributed by atoms with E-state index in [1.54, 1.807) is 0 Å². The number of H-pyrrole nitrogens is 1. The molecule has 1 heterocycles. The number of fused-ring (bicyclic) bond motifs is 1. The molecule has 1 aromatic heterocycles. The Morgan fingerprint density at radius 2 is 1.88 bits per heavy atom. The van der Waals surface area contributed by atoms with Gasteiger partial charge in [-0.15, -0.1) is 0 Å². The number of aromatic nitrogens is 1. The van der Waals surface area contributed by atoms with E-state index in [2.05, 4.69) is 4.98 Å². The minimum absolute atomic E-state index is 0.172. The van der Waals surface area contributed by atoms with E-state index < -0.39 is 33.8 Å². The quantitative estimate of drug-likeness (QED) is 0.698. The summed E-state index contributed by atoms with van der Waals surface area (Å²) in [6.07, 6.45) is 0. The molecule has 0 saturated carbocycles. The van der Waals surface area contributed by atoms with Gasteiger partial charge in [0.2, 0.25) is 0 Å². The Balaban J connectivity index is 3.17. The summed E-state index contributed by atoms with van der Waals surface area (Å²) < 4.78 is 26.2. The summed E-state index contributed by atoms with van der Waals surface area (Å²) in [7, 11) is 0. The Morgan fingerprint density at radius 1 is 1.19 bits per heavy atom. The van der Waals surface area contributed by atoms with Crippen LogP contribution >= 0.6 is 0 Å². The molecular weight excluding hydrogens is 220 g/mol. The lowest BCUT2D eigenvalue weighted by Crippen LogP contribution is -2.00. The van der Waals surface area contributed by atoms with Crippen LogP contribution in [0.15, 0.2) is 27.8 Å². The van der Waals surface area contributed by atoms with Crippen molar-refractivity contribution in [1.82, 2.24) is 4.98 Å². The maximum atomic E-state index is 13.3. The fourth-order valence-electron chi connectivity index (χ4n) is 1.34. The van der Waals surface area contributed by atoms with E-state index in [0.29, 0.717) is 6.07 Å². The van der Waals surface area contributed by atoms with Crippen LogP contribution in [0.1, 0.15) is 0 Å². The zero-order valence-corrected chi connectivity index (χ0v) is 7.75. The summed E-state index contributed by atoms with van der Waals surface area (Å²) in [5.41, 5.74) is -2.09. The molecule has 16 heavy (non-hydrogen) atoms. The molecule has 0 saturated heterocycles. The second-order valence-corrected chi connectivity index (χ2v) is 3.13. The third kappa shape index (κ3) is 1.44. The van der Waals surface area contributed by atoms with Crippen LogP contribution in [0.4, 0.5) is 8.78 Å². The predicted molar refractivity (Wildman–Crippen MR) is 52.4 cm³/mol. The van der Waals surface area contributed by atoms with Gasteiger partial charge in [0.15, 0.2) is 22.8 Å². The van der Waals surface area contributed by atoms with Crippen molar-refractivity contribution in [3.05, 3.63) is 50.4 Å². The van der Waals surface area contributed by atoms with Crippen LogP contribution in [0.25, 0.3) is 10.9 Å². The molecule has 0 fully saturated rings. The molecule has 0 aliphatic heterocycles. The number of halogens is 2. The highest BCUT2D eigenvalue weighted by molar-refractivity contribution is 5.78. The molecule has 1 aromatic carbocycles. The normalized spacial score (nSPS) is 10.6. The molecule has 0 atom stereocenters. The fourth-order valence-corrected chi connectivity index (χ4v) is 1.34. The summed E-state index contributed by atoms with van der Waals surface area (Å²) >= 11 is 0. The number of hydrogen-bond acceptors (Lipinski definition) is 3. The molecule has 0 amide bonds. The summed E-state index contributed by atoms with van der Waals surface area (Å²) in [6.45, 7) is 0. The van der Waals surface area contributed by atoms with E-state index in [1.807, 2.05) is 0 Å². The van der Waals surface area contributed by atoms with Crippen molar-refractivity contribution in [1.29, 1.82) is 0 Å². The van der Waals surface area contributed by atoms with E-state index in [-0.39, 0.29) is 5.52 Å². The average Bonchev–Trinajstić information content (AvgIpc) is 2.32. The lowest BCUT2D eigenvalue weighted by atomic mass is 10.2. The number of hydrogen-bond donors (Lipinski definition) is 2. The lowest BCUT2D eigenvalue weighted by molar-refractivity contribution is 0.468. The highest BCUT2D eigenvalue weighted by atomic mass is 19.2. The van der Waals surface area contributed by atoms with Crippen molar-refractivity contribution >= 4 is 10.9 Å². The van der Waals surface area contributed by atoms with Crippen molar-refractivity contribution < 1.29 is 13.9 Å². The highest BCUT2D eigenvalue weighted by Gasteiger charge is 2.11. The summed E-state index contributed by atoms with van der Waals surface area (Å²) in [6, 6.07) is 2.38. The first-order valence-electron chi connectivity index (χ1n) is 4.25. The van der Waals surface area contributed by atoms with Gasteiger partial charge in [-0.1, -0.05) is 0 Å². The van der Waals surface area contributed by atoms with Gasteiger partial charge >= 0.3 is 0 Å². The monoisotopic (exact) mass is 225 g/mol.